The minimum atomic E-state index is -0.910. The second-order valence-corrected chi connectivity index (χ2v) is 5.43. The fraction of sp³-hybridized carbons (Fsp3) is 0.412. The first-order chi connectivity index (χ1) is 11.1. The van der Waals surface area contributed by atoms with E-state index in [-0.39, 0.29) is 18.9 Å². The van der Waals surface area contributed by atoms with Crippen molar-refractivity contribution < 1.29 is 19.4 Å². The summed E-state index contributed by atoms with van der Waals surface area (Å²) in [5.74, 6) is -1.11. The van der Waals surface area contributed by atoms with Crippen LogP contribution in [0.4, 0.5) is 5.69 Å². The molecule has 1 aliphatic heterocycles. The number of hydrogen-bond donors (Lipinski definition) is 1. The van der Waals surface area contributed by atoms with Crippen molar-refractivity contribution in [1.82, 2.24) is 4.90 Å². The lowest BCUT2D eigenvalue weighted by Crippen LogP contribution is -2.36. The van der Waals surface area contributed by atoms with Crippen LogP contribution in [0.3, 0.4) is 0 Å². The van der Waals surface area contributed by atoms with Crippen LogP contribution in [-0.2, 0) is 14.3 Å². The summed E-state index contributed by atoms with van der Waals surface area (Å²) in [6.45, 7) is 3.48. The molecule has 0 aromatic heterocycles. The second kappa shape index (κ2) is 8.33. The van der Waals surface area contributed by atoms with Gasteiger partial charge in [-0.15, -0.1) is 0 Å². The Morgan fingerprint density at radius 3 is 2.52 bits per heavy atom. The first-order valence-electron chi connectivity index (χ1n) is 7.64. The van der Waals surface area contributed by atoms with Crippen LogP contribution in [-0.4, -0.2) is 61.8 Å². The molecule has 124 valence electrons. The number of carboxylic acids is 1. The van der Waals surface area contributed by atoms with Crippen LogP contribution in [0.1, 0.15) is 12.0 Å². The van der Waals surface area contributed by atoms with Gasteiger partial charge in [0.2, 0.25) is 5.91 Å². The Morgan fingerprint density at radius 1 is 1.26 bits per heavy atom. The van der Waals surface area contributed by atoms with Gasteiger partial charge >= 0.3 is 5.97 Å². The predicted molar refractivity (Wildman–Crippen MR) is 88.4 cm³/mol. The molecule has 1 amide bonds. The molecule has 0 aliphatic carbocycles. The fourth-order valence-corrected chi connectivity index (χ4v) is 2.29. The third-order valence-electron chi connectivity index (χ3n) is 3.72. The number of rotatable bonds is 6. The van der Waals surface area contributed by atoms with E-state index in [0.29, 0.717) is 0 Å². The normalized spacial score (nSPS) is 14.9. The molecule has 1 aromatic rings. The zero-order chi connectivity index (χ0) is 16.7. The van der Waals surface area contributed by atoms with Crippen LogP contribution in [0.25, 0.3) is 6.08 Å². The van der Waals surface area contributed by atoms with E-state index in [1.165, 1.54) is 11.0 Å². The van der Waals surface area contributed by atoms with E-state index in [1.807, 2.05) is 24.3 Å². The number of amides is 1. The SMILES string of the molecule is CN(CCC(=O)O)C(=O)/C=C/c1ccc(N2CCOCC2)cc1. The van der Waals surface area contributed by atoms with E-state index in [9.17, 15) is 9.59 Å². The Balaban J connectivity index is 1.89. The average molecular weight is 318 g/mol. The Bertz CT molecular complexity index is 562. The molecule has 1 aliphatic rings. The molecular weight excluding hydrogens is 296 g/mol. The molecule has 6 heteroatoms. The number of aliphatic carboxylic acids is 1. The van der Waals surface area contributed by atoms with Gasteiger partial charge in [0.15, 0.2) is 0 Å². The van der Waals surface area contributed by atoms with Crippen molar-refractivity contribution in [3.8, 4) is 0 Å². The summed E-state index contributed by atoms with van der Waals surface area (Å²) in [4.78, 5) is 26.0. The number of nitrogens with zero attached hydrogens (tertiary/aromatic N) is 2. The van der Waals surface area contributed by atoms with Gasteiger partial charge in [-0.2, -0.15) is 0 Å². The lowest BCUT2D eigenvalue weighted by Gasteiger charge is -2.28. The monoisotopic (exact) mass is 318 g/mol. The van der Waals surface area contributed by atoms with Crippen molar-refractivity contribution in [2.75, 3.05) is 44.8 Å². The highest BCUT2D eigenvalue weighted by Crippen LogP contribution is 2.17. The van der Waals surface area contributed by atoms with Crippen LogP contribution in [0, 0.1) is 0 Å². The van der Waals surface area contributed by atoms with Gasteiger partial charge in [-0.3, -0.25) is 9.59 Å². The number of hydrogen-bond acceptors (Lipinski definition) is 4. The molecular formula is C17H22N2O4. The van der Waals surface area contributed by atoms with Gasteiger partial charge in [-0.25, -0.2) is 0 Å². The molecule has 1 saturated heterocycles. The summed E-state index contributed by atoms with van der Waals surface area (Å²) < 4.78 is 5.34. The van der Waals surface area contributed by atoms with Gasteiger partial charge in [0.1, 0.15) is 0 Å². The fourth-order valence-electron chi connectivity index (χ4n) is 2.29. The number of likely N-dealkylation sites (N-methyl/N-ethyl adjacent to an activating group) is 1. The van der Waals surface area contributed by atoms with Gasteiger partial charge in [0.05, 0.1) is 19.6 Å². The lowest BCUT2D eigenvalue weighted by atomic mass is 10.1. The molecule has 6 nitrogen and oxygen atoms in total. The van der Waals surface area contributed by atoms with Crippen LogP contribution >= 0.6 is 0 Å². The molecule has 1 aromatic carbocycles. The maximum absolute atomic E-state index is 11.9. The first-order valence-corrected chi connectivity index (χ1v) is 7.64. The Labute approximate surface area is 136 Å². The maximum Gasteiger partial charge on any atom is 0.305 e. The molecule has 0 atom stereocenters. The van der Waals surface area contributed by atoms with Gasteiger partial charge < -0.3 is 19.6 Å². The quantitative estimate of drug-likeness (QED) is 0.804. The van der Waals surface area contributed by atoms with Crippen molar-refractivity contribution in [3.05, 3.63) is 35.9 Å². The minimum absolute atomic E-state index is 0.0513. The van der Waals surface area contributed by atoms with Gasteiger partial charge in [0, 0.05) is 38.4 Å². The van der Waals surface area contributed by atoms with Crippen molar-refractivity contribution in [3.63, 3.8) is 0 Å². The van der Waals surface area contributed by atoms with Gasteiger partial charge in [0.25, 0.3) is 0 Å². The zero-order valence-corrected chi connectivity index (χ0v) is 13.3. The van der Waals surface area contributed by atoms with Crippen molar-refractivity contribution >= 4 is 23.6 Å². The molecule has 2 rings (SSSR count). The van der Waals surface area contributed by atoms with E-state index < -0.39 is 5.97 Å². The molecule has 1 N–H and O–H groups in total. The number of carbonyl (C=O) groups excluding carboxylic acids is 1. The van der Waals surface area contributed by atoms with Crippen molar-refractivity contribution in [1.29, 1.82) is 0 Å². The number of carboxylic acid groups (broad SMARTS) is 1. The van der Waals surface area contributed by atoms with Crippen molar-refractivity contribution in [2.45, 2.75) is 6.42 Å². The Morgan fingerprint density at radius 2 is 1.91 bits per heavy atom. The zero-order valence-electron chi connectivity index (χ0n) is 13.3. The number of carbonyl (C=O) groups is 2. The number of ether oxygens (including phenoxy) is 1. The number of anilines is 1. The van der Waals surface area contributed by atoms with Gasteiger partial charge in [-0.1, -0.05) is 12.1 Å². The third-order valence-corrected chi connectivity index (χ3v) is 3.72. The summed E-state index contributed by atoms with van der Waals surface area (Å²) in [6.07, 6.45) is 3.15. The highest BCUT2D eigenvalue weighted by Gasteiger charge is 2.10. The van der Waals surface area contributed by atoms with Crippen LogP contribution in [0.15, 0.2) is 30.3 Å². The van der Waals surface area contributed by atoms with E-state index >= 15 is 0 Å². The summed E-state index contributed by atoms with van der Waals surface area (Å²) in [7, 11) is 1.59. The Hall–Kier alpha value is -2.34. The predicted octanol–water partition coefficient (Wildman–Crippen LogP) is 1.47. The number of benzene rings is 1. The summed E-state index contributed by atoms with van der Waals surface area (Å²) in [6, 6.07) is 7.99. The summed E-state index contributed by atoms with van der Waals surface area (Å²) in [5, 5.41) is 8.62. The topological polar surface area (TPSA) is 70.1 Å². The molecule has 0 radical (unpaired) electrons. The van der Waals surface area contributed by atoms with Gasteiger partial charge in [-0.05, 0) is 23.8 Å². The largest absolute Gasteiger partial charge is 0.481 e. The molecule has 1 fully saturated rings. The Kier molecular flexibility index (Phi) is 6.17. The first kappa shape index (κ1) is 17.0. The van der Waals surface area contributed by atoms with E-state index in [4.69, 9.17) is 9.84 Å². The summed E-state index contributed by atoms with van der Waals surface area (Å²) >= 11 is 0. The maximum atomic E-state index is 11.9. The molecule has 1 heterocycles. The van der Waals surface area contributed by atoms with Crippen LogP contribution in [0.5, 0.6) is 0 Å². The average Bonchev–Trinajstić information content (AvgIpc) is 2.58. The lowest BCUT2D eigenvalue weighted by molar-refractivity contribution is -0.137. The third kappa shape index (κ3) is 5.41. The molecule has 0 bridgehead atoms. The standard InChI is InChI=1S/C17H22N2O4/c1-18(9-8-17(21)22)16(20)7-4-14-2-5-15(6-3-14)19-10-12-23-13-11-19/h2-7H,8-13H2,1H3,(H,21,22)/b7-4+. The molecule has 23 heavy (non-hydrogen) atoms. The summed E-state index contributed by atoms with van der Waals surface area (Å²) in [5.41, 5.74) is 2.08. The van der Waals surface area contributed by atoms with Crippen LogP contribution in [0.2, 0.25) is 0 Å². The van der Waals surface area contributed by atoms with Crippen LogP contribution < -0.4 is 4.90 Å². The van der Waals surface area contributed by atoms with Crippen molar-refractivity contribution in [2.24, 2.45) is 0 Å². The molecule has 0 unspecified atom stereocenters. The van der Waals surface area contributed by atoms with E-state index in [2.05, 4.69) is 4.90 Å². The smallest absolute Gasteiger partial charge is 0.305 e. The van der Waals surface area contributed by atoms with E-state index in [1.54, 1.807) is 13.1 Å². The van der Waals surface area contributed by atoms with E-state index in [0.717, 1.165) is 37.6 Å². The molecule has 0 spiro atoms. The minimum Gasteiger partial charge on any atom is -0.481 e. The number of morpholine rings is 1. The molecule has 0 saturated carbocycles. The second-order valence-electron chi connectivity index (χ2n) is 5.43. The highest BCUT2D eigenvalue weighted by molar-refractivity contribution is 5.91. The highest BCUT2D eigenvalue weighted by atomic mass is 16.5.